The predicted octanol–water partition coefficient (Wildman–Crippen LogP) is 1.97. The zero-order chi connectivity index (χ0) is 14.2. The molecule has 0 spiro atoms. The minimum Gasteiger partial charge on any atom is -0.352 e. The third-order valence-electron chi connectivity index (χ3n) is 3.04. The molecule has 2 rings (SSSR count). The summed E-state index contributed by atoms with van der Waals surface area (Å²) in [7, 11) is 1.84. The van der Waals surface area contributed by atoms with E-state index in [0.717, 1.165) is 16.7 Å². The van der Waals surface area contributed by atoms with Crippen LogP contribution in [0.1, 0.15) is 12.0 Å². The van der Waals surface area contributed by atoms with Gasteiger partial charge < -0.3 is 10.6 Å². The van der Waals surface area contributed by atoms with Gasteiger partial charge in [0.05, 0.1) is 0 Å². The van der Waals surface area contributed by atoms with Gasteiger partial charge in [-0.3, -0.25) is 9.78 Å². The van der Waals surface area contributed by atoms with Crippen molar-refractivity contribution in [2.75, 3.05) is 13.6 Å². The zero-order valence-electron chi connectivity index (χ0n) is 11.6. The molecule has 104 valence electrons. The van der Waals surface area contributed by atoms with Crippen LogP contribution in [0.2, 0.25) is 0 Å². The molecule has 0 saturated carbocycles. The molecule has 20 heavy (non-hydrogen) atoms. The molecule has 4 heteroatoms. The van der Waals surface area contributed by atoms with Gasteiger partial charge in [0.2, 0.25) is 5.91 Å². The molecule has 0 fully saturated rings. The van der Waals surface area contributed by atoms with E-state index in [0.29, 0.717) is 19.5 Å². The number of carbonyl (C=O) groups is 1. The maximum absolute atomic E-state index is 11.5. The van der Waals surface area contributed by atoms with Gasteiger partial charge in [-0.15, -0.1) is 0 Å². The molecule has 0 aliphatic heterocycles. The van der Waals surface area contributed by atoms with E-state index in [1.54, 1.807) is 6.20 Å². The molecule has 0 aliphatic rings. The van der Waals surface area contributed by atoms with Gasteiger partial charge in [-0.25, -0.2) is 0 Å². The number of pyridine rings is 1. The molecule has 0 aliphatic carbocycles. The third kappa shape index (κ3) is 4.17. The standard InChI is InChI=1S/C16H19N3O/c1-17-10-8-16(20)19-11-13-4-6-14(7-5-13)15-3-2-9-18-12-15/h2-7,9,12,17H,8,10-11H2,1H3,(H,19,20). The van der Waals surface area contributed by atoms with Crippen LogP contribution < -0.4 is 10.6 Å². The van der Waals surface area contributed by atoms with Crippen molar-refractivity contribution in [3.05, 3.63) is 54.4 Å². The smallest absolute Gasteiger partial charge is 0.221 e. The molecule has 4 nitrogen and oxygen atoms in total. The SMILES string of the molecule is CNCCC(=O)NCc1ccc(-c2cccnc2)cc1. The van der Waals surface area contributed by atoms with Crippen molar-refractivity contribution in [3.8, 4) is 11.1 Å². The quantitative estimate of drug-likeness (QED) is 0.843. The highest BCUT2D eigenvalue weighted by Gasteiger charge is 2.01. The number of carbonyl (C=O) groups excluding carboxylic acids is 1. The predicted molar refractivity (Wildman–Crippen MR) is 80.1 cm³/mol. The summed E-state index contributed by atoms with van der Waals surface area (Å²) in [6.07, 6.45) is 4.11. The number of nitrogens with one attached hydrogen (secondary N) is 2. The average Bonchev–Trinajstić information content (AvgIpc) is 2.52. The van der Waals surface area contributed by atoms with Gasteiger partial charge in [-0.2, -0.15) is 0 Å². The van der Waals surface area contributed by atoms with Crippen molar-refractivity contribution in [3.63, 3.8) is 0 Å². The fourth-order valence-corrected chi connectivity index (χ4v) is 1.88. The molecule has 0 unspecified atom stereocenters. The Morgan fingerprint density at radius 2 is 1.95 bits per heavy atom. The van der Waals surface area contributed by atoms with Crippen molar-refractivity contribution in [2.45, 2.75) is 13.0 Å². The van der Waals surface area contributed by atoms with E-state index in [2.05, 4.69) is 15.6 Å². The molecule has 1 aromatic carbocycles. The van der Waals surface area contributed by atoms with Crippen LogP contribution in [-0.2, 0) is 11.3 Å². The Balaban J connectivity index is 1.90. The van der Waals surface area contributed by atoms with Crippen LogP contribution in [0.4, 0.5) is 0 Å². The highest BCUT2D eigenvalue weighted by Crippen LogP contribution is 2.18. The average molecular weight is 269 g/mol. The molecular weight excluding hydrogens is 250 g/mol. The Hall–Kier alpha value is -2.20. The largest absolute Gasteiger partial charge is 0.352 e. The van der Waals surface area contributed by atoms with Gasteiger partial charge in [0.15, 0.2) is 0 Å². The molecule has 0 bridgehead atoms. The Kier molecular flexibility index (Phi) is 5.26. The van der Waals surface area contributed by atoms with Crippen LogP contribution in [0.15, 0.2) is 48.8 Å². The van der Waals surface area contributed by atoms with Crippen molar-refractivity contribution in [1.82, 2.24) is 15.6 Å². The summed E-state index contributed by atoms with van der Waals surface area (Å²) < 4.78 is 0. The summed E-state index contributed by atoms with van der Waals surface area (Å²) >= 11 is 0. The molecule has 2 aromatic rings. The third-order valence-corrected chi connectivity index (χ3v) is 3.04. The molecule has 1 aromatic heterocycles. The number of hydrogen-bond acceptors (Lipinski definition) is 3. The first-order valence-electron chi connectivity index (χ1n) is 6.70. The van der Waals surface area contributed by atoms with Crippen molar-refractivity contribution in [1.29, 1.82) is 0 Å². The lowest BCUT2D eigenvalue weighted by Gasteiger charge is -2.06. The fraction of sp³-hybridized carbons (Fsp3) is 0.250. The first-order chi connectivity index (χ1) is 9.79. The number of nitrogens with zero attached hydrogens (tertiary/aromatic N) is 1. The second-order valence-electron chi connectivity index (χ2n) is 4.57. The second kappa shape index (κ2) is 7.40. The monoisotopic (exact) mass is 269 g/mol. The lowest BCUT2D eigenvalue weighted by atomic mass is 10.1. The van der Waals surface area contributed by atoms with Crippen molar-refractivity contribution < 1.29 is 4.79 Å². The van der Waals surface area contributed by atoms with E-state index < -0.39 is 0 Å². The van der Waals surface area contributed by atoms with E-state index in [9.17, 15) is 4.79 Å². The van der Waals surface area contributed by atoms with E-state index in [1.807, 2.05) is 49.6 Å². The maximum Gasteiger partial charge on any atom is 0.221 e. The van der Waals surface area contributed by atoms with Gasteiger partial charge in [-0.1, -0.05) is 30.3 Å². The minimum atomic E-state index is 0.0654. The van der Waals surface area contributed by atoms with Crippen LogP contribution in [-0.4, -0.2) is 24.5 Å². The normalized spacial score (nSPS) is 10.2. The molecule has 1 amide bonds. The number of aromatic nitrogens is 1. The van der Waals surface area contributed by atoms with Crippen LogP contribution >= 0.6 is 0 Å². The molecule has 0 saturated heterocycles. The van der Waals surface area contributed by atoms with Crippen LogP contribution in [0.3, 0.4) is 0 Å². The summed E-state index contributed by atoms with van der Waals surface area (Å²) in [5.41, 5.74) is 3.32. The lowest BCUT2D eigenvalue weighted by Crippen LogP contribution is -2.26. The number of hydrogen-bond donors (Lipinski definition) is 2. The summed E-state index contributed by atoms with van der Waals surface area (Å²) in [4.78, 5) is 15.6. The fourth-order valence-electron chi connectivity index (χ4n) is 1.88. The van der Waals surface area contributed by atoms with E-state index in [-0.39, 0.29) is 5.91 Å². The first-order valence-corrected chi connectivity index (χ1v) is 6.70. The molecule has 0 atom stereocenters. The number of benzene rings is 1. The number of amides is 1. The van der Waals surface area contributed by atoms with Crippen molar-refractivity contribution in [2.24, 2.45) is 0 Å². The summed E-state index contributed by atoms with van der Waals surface area (Å²) in [5, 5.41) is 5.86. The molecule has 1 heterocycles. The van der Waals surface area contributed by atoms with Gasteiger partial charge in [0.1, 0.15) is 0 Å². The van der Waals surface area contributed by atoms with Gasteiger partial charge in [0, 0.05) is 31.9 Å². The van der Waals surface area contributed by atoms with Gasteiger partial charge in [-0.05, 0) is 29.8 Å². The molecule has 0 radical (unpaired) electrons. The Labute approximate surface area is 119 Å². The van der Waals surface area contributed by atoms with Gasteiger partial charge >= 0.3 is 0 Å². The Bertz CT molecular complexity index is 537. The van der Waals surface area contributed by atoms with Crippen molar-refractivity contribution >= 4 is 5.91 Å². The van der Waals surface area contributed by atoms with Crippen LogP contribution in [0.25, 0.3) is 11.1 Å². The molecular formula is C16H19N3O. The topological polar surface area (TPSA) is 54.0 Å². The second-order valence-corrected chi connectivity index (χ2v) is 4.57. The molecule has 2 N–H and O–H groups in total. The van der Waals surface area contributed by atoms with Crippen LogP contribution in [0, 0.1) is 0 Å². The summed E-state index contributed by atoms with van der Waals surface area (Å²) in [6, 6.07) is 12.1. The number of rotatable bonds is 6. The minimum absolute atomic E-state index is 0.0654. The van der Waals surface area contributed by atoms with Crippen LogP contribution in [0.5, 0.6) is 0 Å². The maximum atomic E-state index is 11.5. The zero-order valence-corrected chi connectivity index (χ0v) is 11.6. The van der Waals surface area contributed by atoms with Gasteiger partial charge in [0.25, 0.3) is 0 Å². The van der Waals surface area contributed by atoms with E-state index in [4.69, 9.17) is 0 Å². The highest BCUT2D eigenvalue weighted by molar-refractivity contribution is 5.76. The Morgan fingerprint density at radius 3 is 2.60 bits per heavy atom. The summed E-state index contributed by atoms with van der Waals surface area (Å²) in [6.45, 7) is 1.27. The summed E-state index contributed by atoms with van der Waals surface area (Å²) in [5.74, 6) is 0.0654. The highest BCUT2D eigenvalue weighted by atomic mass is 16.1. The lowest BCUT2D eigenvalue weighted by molar-refractivity contribution is -0.121. The Morgan fingerprint density at radius 1 is 1.15 bits per heavy atom. The van der Waals surface area contributed by atoms with E-state index >= 15 is 0 Å². The van der Waals surface area contributed by atoms with E-state index in [1.165, 1.54) is 0 Å². The first kappa shape index (κ1) is 14.2.